The second kappa shape index (κ2) is 7.14. The third-order valence-corrected chi connectivity index (χ3v) is 4.80. The summed E-state index contributed by atoms with van der Waals surface area (Å²) >= 11 is 0. The summed E-state index contributed by atoms with van der Waals surface area (Å²) in [5.74, 6) is 1.96. The first-order valence-corrected chi connectivity index (χ1v) is 8.36. The summed E-state index contributed by atoms with van der Waals surface area (Å²) in [7, 11) is 3.35. The number of hydrogen-bond donors (Lipinski definition) is 2. The van der Waals surface area contributed by atoms with Crippen molar-refractivity contribution in [3.8, 4) is 17.2 Å². The Morgan fingerprint density at radius 1 is 1.08 bits per heavy atom. The minimum absolute atomic E-state index is 0.361. The number of benzene rings is 2. The van der Waals surface area contributed by atoms with Crippen molar-refractivity contribution in [2.45, 2.75) is 38.8 Å². The van der Waals surface area contributed by atoms with Gasteiger partial charge in [0, 0.05) is 12.6 Å². The second-order valence-corrected chi connectivity index (χ2v) is 6.42. The zero-order chi connectivity index (χ0) is 17.1. The van der Waals surface area contributed by atoms with Crippen molar-refractivity contribution in [3.63, 3.8) is 0 Å². The number of phenolic OH excluding ortho intramolecular Hbond substituents is 1. The summed E-state index contributed by atoms with van der Waals surface area (Å²) in [6.07, 6.45) is 3.11. The number of aryl methyl sites for hydroxylation is 2. The predicted molar refractivity (Wildman–Crippen MR) is 95.0 cm³/mol. The van der Waals surface area contributed by atoms with E-state index in [1.54, 1.807) is 14.2 Å². The van der Waals surface area contributed by atoms with Gasteiger partial charge in [-0.25, -0.2) is 0 Å². The number of hydrogen-bond acceptors (Lipinski definition) is 4. The van der Waals surface area contributed by atoms with Crippen LogP contribution in [0.1, 0.15) is 28.7 Å². The number of phenols is 1. The van der Waals surface area contributed by atoms with Crippen LogP contribution in [0.25, 0.3) is 0 Å². The standard InChI is InChI=1S/C20H25NO3/c1-13-4-5-14(8-18(13)22)12-21-17-7-6-15-10-19(23-2)20(24-3)11-16(15)9-17/h4-5,8,10-11,17,21-22H,6-7,9,12H2,1-3H3. The average Bonchev–Trinajstić information content (AvgIpc) is 2.61. The lowest BCUT2D eigenvalue weighted by molar-refractivity contribution is 0.352. The zero-order valence-electron chi connectivity index (χ0n) is 14.6. The Kier molecular flexibility index (Phi) is 4.95. The van der Waals surface area contributed by atoms with Crippen molar-refractivity contribution in [1.29, 1.82) is 0 Å². The van der Waals surface area contributed by atoms with Crippen molar-refractivity contribution >= 4 is 0 Å². The molecular weight excluding hydrogens is 302 g/mol. The number of methoxy groups -OCH3 is 2. The molecule has 0 saturated heterocycles. The first-order chi connectivity index (χ1) is 11.6. The van der Waals surface area contributed by atoms with E-state index in [1.807, 2.05) is 19.1 Å². The molecule has 1 atom stereocenters. The van der Waals surface area contributed by atoms with E-state index in [1.165, 1.54) is 11.1 Å². The maximum Gasteiger partial charge on any atom is 0.161 e. The van der Waals surface area contributed by atoms with Crippen molar-refractivity contribution < 1.29 is 14.6 Å². The summed E-state index contributed by atoms with van der Waals surface area (Å²) in [5.41, 5.74) is 4.68. The van der Waals surface area contributed by atoms with E-state index in [9.17, 15) is 5.11 Å². The lowest BCUT2D eigenvalue weighted by Gasteiger charge is -2.27. The van der Waals surface area contributed by atoms with E-state index in [0.717, 1.165) is 48.4 Å². The first kappa shape index (κ1) is 16.7. The molecule has 2 aromatic carbocycles. The van der Waals surface area contributed by atoms with Crippen LogP contribution in [0.3, 0.4) is 0 Å². The fourth-order valence-corrected chi connectivity index (χ4v) is 3.28. The average molecular weight is 327 g/mol. The summed E-state index contributed by atoms with van der Waals surface area (Å²) in [6.45, 7) is 2.67. The molecule has 0 spiro atoms. The number of aromatic hydroxyl groups is 1. The second-order valence-electron chi connectivity index (χ2n) is 6.42. The lowest BCUT2D eigenvalue weighted by atomic mass is 9.87. The molecule has 1 aliphatic rings. The molecule has 4 nitrogen and oxygen atoms in total. The van der Waals surface area contributed by atoms with Crippen molar-refractivity contribution in [3.05, 3.63) is 52.6 Å². The van der Waals surface area contributed by atoms with Crippen LogP contribution in [0.5, 0.6) is 17.2 Å². The van der Waals surface area contributed by atoms with Crippen LogP contribution >= 0.6 is 0 Å². The molecular formula is C20H25NO3. The number of rotatable bonds is 5. The van der Waals surface area contributed by atoms with Crippen LogP contribution in [0.2, 0.25) is 0 Å². The normalized spacial score (nSPS) is 16.5. The Labute approximate surface area is 143 Å². The maximum atomic E-state index is 9.82. The van der Waals surface area contributed by atoms with Gasteiger partial charge in [-0.15, -0.1) is 0 Å². The third kappa shape index (κ3) is 3.49. The SMILES string of the molecule is COc1cc2c(cc1OC)CC(NCc1ccc(C)c(O)c1)CC2. The van der Waals surface area contributed by atoms with Gasteiger partial charge in [0.1, 0.15) is 5.75 Å². The highest BCUT2D eigenvalue weighted by Gasteiger charge is 2.21. The van der Waals surface area contributed by atoms with E-state index >= 15 is 0 Å². The van der Waals surface area contributed by atoms with Crippen molar-refractivity contribution in [2.24, 2.45) is 0 Å². The fourth-order valence-electron chi connectivity index (χ4n) is 3.28. The molecule has 3 rings (SSSR count). The minimum Gasteiger partial charge on any atom is -0.508 e. The maximum absolute atomic E-state index is 9.82. The summed E-state index contributed by atoms with van der Waals surface area (Å²) < 4.78 is 10.8. The van der Waals surface area contributed by atoms with Gasteiger partial charge in [-0.2, -0.15) is 0 Å². The predicted octanol–water partition coefficient (Wildman–Crippen LogP) is 3.36. The van der Waals surface area contributed by atoms with E-state index in [-0.39, 0.29) is 0 Å². The van der Waals surface area contributed by atoms with Crippen LogP contribution < -0.4 is 14.8 Å². The molecule has 2 N–H and O–H groups in total. The smallest absolute Gasteiger partial charge is 0.161 e. The Bertz CT molecular complexity index is 727. The largest absolute Gasteiger partial charge is 0.508 e. The van der Waals surface area contributed by atoms with Crippen LogP contribution in [0, 0.1) is 6.92 Å². The van der Waals surface area contributed by atoms with Crippen LogP contribution in [-0.2, 0) is 19.4 Å². The van der Waals surface area contributed by atoms with E-state index in [4.69, 9.17) is 9.47 Å². The van der Waals surface area contributed by atoms with Gasteiger partial charge in [0.25, 0.3) is 0 Å². The van der Waals surface area contributed by atoms with Gasteiger partial charge in [0.2, 0.25) is 0 Å². The van der Waals surface area contributed by atoms with E-state index in [0.29, 0.717) is 11.8 Å². The number of fused-ring (bicyclic) bond motifs is 1. The molecule has 0 aliphatic heterocycles. The van der Waals surface area contributed by atoms with E-state index in [2.05, 4.69) is 23.5 Å². The highest BCUT2D eigenvalue weighted by Crippen LogP contribution is 2.34. The molecule has 24 heavy (non-hydrogen) atoms. The summed E-state index contributed by atoms with van der Waals surface area (Å²) in [5, 5.41) is 13.4. The fraction of sp³-hybridized carbons (Fsp3) is 0.400. The molecule has 1 unspecified atom stereocenters. The first-order valence-electron chi connectivity index (χ1n) is 8.36. The molecule has 0 aromatic heterocycles. The Morgan fingerprint density at radius 3 is 2.46 bits per heavy atom. The number of ether oxygens (including phenoxy) is 2. The molecule has 0 amide bonds. The Balaban J connectivity index is 1.67. The van der Waals surface area contributed by atoms with Gasteiger partial charge < -0.3 is 19.9 Å². The van der Waals surface area contributed by atoms with Gasteiger partial charge in [0.05, 0.1) is 14.2 Å². The lowest BCUT2D eigenvalue weighted by Crippen LogP contribution is -2.34. The van der Waals surface area contributed by atoms with Gasteiger partial charge in [-0.1, -0.05) is 12.1 Å². The van der Waals surface area contributed by atoms with Crippen LogP contribution in [-0.4, -0.2) is 25.4 Å². The van der Waals surface area contributed by atoms with E-state index < -0.39 is 0 Å². The summed E-state index contributed by atoms with van der Waals surface area (Å²) in [6, 6.07) is 10.5. The molecule has 4 heteroatoms. The van der Waals surface area contributed by atoms with Crippen molar-refractivity contribution in [1.82, 2.24) is 5.32 Å². The Hall–Kier alpha value is -2.20. The number of nitrogens with one attached hydrogen (secondary N) is 1. The van der Waals surface area contributed by atoms with Crippen LogP contribution in [0.4, 0.5) is 0 Å². The molecule has 0 bridgehead atoms. The van der Waals surface area contributed by atoms with Gasteiger partial charge in [-0.3, -0.25) is 0 Å². The minimum atomic E-state index is 0.361. The Morgan fingerprint density at radius 2 is 1.79 bits per heavy atom. The molecule has 128 valence electrons. The summed E-state index contributed by atoms with van der Waals surface area (Å²) in [4.78, 5) is 0. The zero-order valence-corrected chi connectivity index (χ0v) is 14.6. The monoisotopic (exact) mass is 327 g/mol. The van der Waals surface area contributed by atoms with Crippen molar-refractivity contribution in [2.75, 3.05) is 14.2 Å². The molecule has 0 saturated carbocycles. The van der Waals surface area contributed by atoms with Crippen LogP contribution in [0.15, 0.2) is 30.3 Å². The quantitative estimate of drug-likeness (QED) is 0.884. The molecule has 0 heterocycles. The van der Waals surface area contributed by atoms with Gasteiger partial charge in [-0.05, 0) is 66.6 Å². The van der Waals surface area contributed by atoms with Gasteiger partial charge >= 0.3 is 0 Å². The third-order valence-electron chi connectivity index (χ3n) is 4.80. The highest BCUT2D eigenvalue weighted by atomic mass is 16.5. The molecule has 0 fully saturated rings. The molecule has 2 aromatic rings. The molecule has 0 radical (unpaired) electrons. The van der Waals surface area contributed by atoms with Gasteiger partial charge in [0.15, 0.2) is 11.5 Å². The highest BCUT2D eigenvalue weighted by molar-refractivity contribution is 5.48. The molecule has 1 aliphatic carbocycles. The topological polar surface area (TPSA) is 50.7 Å².